The van der Waals surface area contributed by atoms with Crippen LogP contribution in [-0.4, -0.2) is 9.55 Å². The molecule has 0 saturated heterocycles. The molecule has 0 unspecified atom stereocenters. The van der Waals surface area contributed by atoms with Gasteiger partial charge in [0, 0.05) is 22.8 Å². The maximum Gasteiger partial charge on any atom is 0.142 e. The fourth-order valence-electron chi connectivity index (χ4n) is 2.43. The second-order valence-corrected chi connectivity index (χ2v) is 5.58. The summed E-state index contributed by atoms with van der Waals surface area (Å²) in [4.78, 5) is 4.71. The number of hydrogen-bond donors (Lipinski definition) is 1. The number of nitrogens with zero attached hydrogens (tertiary/aromatic N) is 2. The van der Waals surface area contributed by atoms with Crippen molar-refractivity contribution in [3.05, 3.63) is 46.4 Å². The molecule has 0 aliphatic carbocycles. The van der Waals surface area contributed by atoms with E-state index in [0.717, 1.165) is 32.6 Å². The molecular weight excluding hydrogens is 302 g/mol. The Morgan fingerprint density at radius 3 is 2.74 bits per heavy atom. The number of anilines is 1. The first-order chi connectivity index (χ1) is 9.08. The summed E-state index contributed by atoms with van der Waals surface area (Å²) >= 11 is 3.48. The van der Waals surface area contributed by atoms with Crippen LogP contribution in [0.5, 0.6) is 0 Å². The highest BCUT2D eigenvalue weighted by Gasteiger charge is 2.13. The Bertz CT molecular complexity index is 774. The number of aromatic nitrogens is 2. The zero-order valence-corrected chi connectivity index (χ0v) is 12.4. The van der Waals surface area contributed by atoms with Gasteiger partial charge < -0.3 is 10.3 Å². The van der Waals surface area contributed by atoms with Crippen molar-refractivity contribution in [2.45, 2.75) is 6.92 Å². The molecule has 0 radical (unpaired) electrons. The van der Waals surface area contributed by atoms with Crippen LogP contribution in [0.2, 0.25) is 0 Å². The number of hydrogen-bond acceptors (Lipinski definition) is 2. The molecular formula is C15H14BrN3. The molecule has 0 aliphatic rings. The predicted octanol–water partition coefficient (Wildman–Crippen LogP) is 3.89. The van der Waals surface area contributed by atoms with E-state index >= 15 is 0 Å². The molecule has 1 aromatic heterocycles. The standard InChI is InChI=1S/C15H14BrN3/c1-9-4-3-5-13-14(9)19(2)15(18-13)11-8-10(16)6-7-12(11)17/h3-8H,17H2,1-2H3. The van der Waals surface area contributed by atoms with E-state index in [-0.39, 0.29) is 0 Å². The van der Waals surface area contributed by atoms with Crippen LogP contribution < -0.4 is 5.73 Å². The number of para-hydroxylation sites is 1. The van der Waals surface area contributed by atoms with E-state index in [4.69, 9.17) is 10.7 Å². The van der Waals surface area contributed by atoms with E-state index < -0.39 is 0 Å². The molecule has 96 valence electrons. The maximum atomic E-state index is 6.08. The molecule has 4 heteroatoms. The summed E-state index contributed by atoms with van der Waals surface area (Å²) in [6, 6.07) is 12.0. The van der Waals surface area contributed by atoms with Gasteiger partial charge in [-0.05, 0) is 36.8 Å². The predicted molar refractivity (Wildman–Crippen MR) is 83.0 cm³/mol. The van der Waals surface area contributed by atoms with Crippen molar-refractivity contribution in [1.82, 2.24) is 9.55 Å². The van der Waals surface area contributed by atoms with Gasteiger partial charge in [-0.3, -0.25) is 0 Å². The van der Waals surface area contributed by atoms with Gasteiger partial charge in [0.15, 0.2) is 0 Å². The molecule has 19 heavy (non-hydrogen) atoms. The highest BCUT2D eigenvalue weighted by atomic mass is 79.9. The van der Waals surface area contributed by atoms with Crippen molar-refractivity contribution >= 4 is 32.7 Å². The number of imidazole rings is 1. The minimum atomic E-state index is 0.735. The van der Waals surface area contributed by atoms with Gasteiger partial charge in [-0.2, -0.15) is 0 Å². The van der Waals surface area contributed by atoms with Crippen molar-refractivity contribution < 1.29 is 0 Å². The van der Waals surface area contributed by atoms with E-state index in [1.54, 1.807) is 0 Å². The normalized spacial score (nSPS) is 11.1. The van der Waals surface area contributed by atoms with Gasteiger partial charge in [0.1, 0.15) is 5.82 Å². The van der Waals surface area contributed by atoms with Crippen LogP contribution in [0.15, 0.2) is 40.9 Å². The summed E-state index contributed by atoms with van der Waals surface area (Å²) in [6.45, 7) is 2.10. The summed E-state index contributed by atoms with van der Waals surface area (Å²) in [5.41, 5.74) is 11.1. The van der Waals surface area contributed by atoms with E-state index in [1.165, 1.54) is 5.56 Å². The number of fused-ring (bicyclic) bond motifs is 1. The van der Waals surface area contributed by atoms with E-state index in [0.29, 0.717) is 0 Å². The molecule has 0 aliphatic heterocycles. The topological polar surface area (TPSA) is 43.8 Å². The smallest absolute Gasteiger partial charge is 0.142 e. The van der Waals surface area contributed by atoms with Crippen LogP contribution in [0.25, 0.3) is 22.4 Å². The minimum Gasteiger partial charge on any atom is -0.398 e. The van der Waals surface area contributed by atoms with E-state index in [9.17, 15) is 0 Å². The fraction of sp³-hybridized carbons (Fsp3) is 0.133. The summed E-state index contributed by atoms with van der Waals surface area (Å²) in [5, 5.41) is 0. The van der Waals surface area contributed by atoms with Crippen LogP contribution in [0.4, 0.5) is 5.69 Å². The quantitative estimate of drug-likeness (QED) is 0.692. The van der Waals surface area contributed by atoms with Crippen LogP contribution in [0.3, 0.4) is 0 Å². The SMILES string of the molecule is Cc1cccc2nc(-c3cc(Br)ccc3N)n(C)c12. The van der Waals surface area contributed by atoms with Gasteiger partial charge in [-0.25, -0.2) is 4.98 Å². The fourth-order valence-corrected chi connectivity index (χ4v) is 2.79. The summed E-state index contributed by atoms with van der Waals surface area (Å²) in [6.07, 6.45) is 0. The highest BCUT2D eigenvalue weighted by molar-refractivity contribution is 9.10. The summed E-state index contributed by atoms with van der Waals surface area (Å²) in [7, 11) is 2.03. The first-order valence-corrected chi connectivity index (χ1v) is 6.84. The van der Waals surface area contributed by atoms with Crippen molar-refractivity contribution in [2.75, 3.05) is 5.73 Å². The van der Waals surface area contributed by atoms with Crippen LogP contribution in [0.1, 0.15) is 5.56 Å². The summed E-state index contributed by atoms with van der Waals surface area (Å²) in [5.74, 6) is 0.892. The Hall–Kier alpha value is -1.81. The first kappa shape index (κ1) is 12.2. The van der Waals surface area contributed by atoms with Gasteiger partial charge in [0.2, 0.25) is 0 Å². The minimum absolute atomic E-state index is 0.735. The van der Waals surface area contributed by atoms with E-state index in [2.05, 4.69) is 33.5 Å². The lowest BCUT2D eigenvalue weighted by molar-refractivity contribution is 0.955. The maximum absolute atomic E-state index is 6.08. The monoisotopic (exact) mass is 315 g/mol. The molecule has 2 aromatic carbocycles. The number of nitrogens with two attached hydrogens (primary N) is 1. The van der Waals surface area contributed by atoms with E-state index in [1.807, 2.05) is 37.4 Å². The van der Waals surface area contributed by atoms with Crippen molar-refractivity contribution in [3.63, 3.8) is 0 Å². The van der Waals surface area contributed by atoms with Crippen molar-refractivity contribution in [2.24, 2.45) is 7.05 Å². The number of benzene rings is 2. The van der Waals surface area contributed by atoms with Crippen molar-refractivity contribution in [3.8, 4) is 11.4 Å². The molecule has 1 heterocycles. The number of aryl methyl sites for hydroxylation is 2. The van der Waals surface area contributed by atoms with Gasteiger partial charge >= 0.3 is 0 Å². The Morgan fingerprint density at radius 1 is 1.21 bits per heavy atom. The average molecular weight is 316 g/mol. The second-order valence-electron chi connectivity index (χ2n) is 4.67. The van der Waals surface area contributed by atoms with Crippen molar-refractivity contribution in [1.29, 1.82) is 0 Å². The lowest BCUT2D eigenvalue weighted by Gasteiger charge is -2.07. The third-order valence-corrected chi connectivity index (χ3v) is 3.85. The lowest BCUT2D eigenvalue weighted by Crippen LogP contribution is -1.97. The molecule has 3 rings (SSSR count). The van der Waals surface area contributed by atoms with Gasteiger partial charge in [-0.15, -0.1) is 0 Å². The molecule has 0 fully saturated rings. The Morgan fingerprint density at radius 2 is 2.00 bits per heavy atom. The molecule has 0 spiro atoms. The first-order valence-electron chi connectivity index (χ1n) is 6.05. The zero-order valence-electron chi connectivity index (χ0n) is 10.8. The Balaban J connectivity index is 2.34. The molecule has 0 bridgehead atoms. The molecule has 3 aromatic rings. The Labute approximate surface area is 120 Å². The average Bonchev–Trinajstić information content (AvgIpc) is 2.71. The molecule has 0 atom stereocenters. The third kappa shape index (κ3) is 1.92. The van der Waals surface area contributed by atoms with Gasteiger partial charge in [0.25, 0.3) is 0 Å². The van der Waals surface area contributed by atoms with Crippen LogP contribution in [0, 0.1) is 6.92 Å². The largest absolute Gasteiger partial charge is 0.398 e. The lowest BCUT2D eigenvalue weighted by atomic mass is 10.1. The second kappa shape index (κ2) is 4.38. The zero-order chi connectivity index (χ0) is 13.6. The molecule has 0 saturated carbocycles. The third-order valence-electron chi connectivity index (χ3n) is 3.35. The molecule has 2 N–H and O–H groups in total. The van der Waals surface area contributed by atoms with Gasteiger partial charge in [0.05, 0.1) is 11.0 Å². The Kier molecular flexibility index (Phi) is 2.82. The number of rotatable bonds is 1. The molecule has 0 amide bonds. The number of nitrogen functional groups attached to an aromatic ring is 1. The van der Waals surface area contributed by atoms with Gasteiger partial charge in [-0.1, -0.05) is 28.1 Å². The highest BCUT2D eigenvalue weighted by Crippen LogP contribution is 2.31. The van der Waals surface area contributed by atoms with Crippen LogP contribution in [-0.2, 0) is 7.05 Å². The number of halogens is 1. The van der Waals surface area contributed by atoms with Crippen LogP contribution >= 0.6 is 15.9 Å². The summed E-state index contributed by atoms with van der Waals surface area (Å²) < 4.78 is 3.10. The molecule has 3 nitrogen and oxygen atoms in total.